The van der Waals surface area contributed by atoms with Crippen LogP contribution in [0, 0.1) is 6.92 Å². The third kappa shape index (κ3) is 5.39. The first-order valence-corrected chi connectivity index (χ1v) is 11.0. The second-order valence-corrected chi connectivity index (χ2v) is 8.78. The largest absolute Gasteiger partial charge is 0.491 e. The summed E-state index contributed by atoms with van der Waals surface area (Å²) in [7, 11) is -3.75. The molecule has 0 spiro atoms. The molecule has 0 aliphatic heterocycles. The molecular weight excluding hydrogens is 400 g/mol. The molecule has 0 saturated heterocycles. The second kappa shape index (κ2) is 9.00. The molecular formula is C23H24N2O4S. The van der Waals surface area contributed by atoms with Gasteiger partial charge >= 0.3 is 0 Å². The molecule has 2 N–H and O–H groups in total. The van der Waals surface area contributed by atoms with Crippen molar-refractivity contribution in [3.05, 3.63) is 83.9 Å². The molecule has 0 unspecified atom stereocenters. The lowest BCUT2D eigenvalue weighted by molar-refractivity contribution is 0.102. The van der Waals surface area contributed by atoms with Crippen molar-refractivity contribution in [2.24, 2.45) is 0 Å². The molecule has 1 amide bonds. The molecule has 0 heterocycles. The number of aryl methyl sites for hydroxylation is 1. The van der Waals surface area contributed by atoms with Gasteiger partial charge in [-0.25, -0.2) is 8.42 Å². The smallest absolute Gasteiger partial charge is 0.261 e. The molecule has 0 atom stereocenters. The Hall–Kier alpha value is -3.32. The van der Waals surface area contributed by atoms with Crippen molar-refractivity contribution >= 4 is 27.3 Å². The fraction of sp³-hybridized carbons (Fsp3) is 0.174. The van der Waals surface area contributed by atoms with E-state index in [4.69, 9.17) is 4.74 Å². The molecule has 0 aliphatic carbocycles. The number of carbonyl (C=O) groups is 1. The highest BCUT2D eigenvalue weighted by Gasteiger charge is 2.16. The summed E-state index contributed by atoms with van der Waals surface area (Å²) in [4.78, 5) is 12.9. The molecule has 0 radical (unpaired) electrons. The van der Waals surface area contributed by atoms with Crippen molar-refractivity contribution < 1.29 is 17.9 Å². The van der Waals surface area contributed by atoms with E-state index in [2.05, 4.69) is 10.0 Å². The molecule has 156 valence electrons. The van der Waals surface area contributed by atoms with Gasteiger partial charge in [0.25, 0.3) is 15.9 Å². The van der Waals surface area contributed by atoms with Crippen LogP contribution >= 0.6 is 0 Å². The molecule has 6 nitrogen and oxygen atoms in total. The number of benzene rings is 3. The maximum Gasteiger partial charge on any atom is 0.261 e. The van der Waals surface area contributed by atoms with E-state index in [9.17, 15) is 13.2 Å². The SMILES string of the molecule is Cc1ccc(C(=O)Nc2cccc(OC(C)C)c2)cc1NS(=O)(=O)c1ccccc1. The lowest BCUT2D eigenvalue weighted by Gasteiger charge is -2.13. The molecule has 0 bridgehead atoms. The minimum atomic E-state index is -3.75. The first kappa shape index (κ1) is 21.4. The summed E-state index contributed by atoms with van der Waals surface area (Å²) in [6.45, 7) is 5.63. The number of rotatable bonds is 7. The Morgan fingerprint density at radius 2 is 1.67 bits per heavy atom. The lowest BCUT2D eigenvalue weighted by Crippen LogP contribution is -2.16. The van der Waals surface area contributed by atoms with Crippen LogP contribution in [0.2, 0.25) is 0 Å². The predicted molar refractivity (Wildman–Crippen MR) is 119 cm³/mol. The average molecular weight is 425 g/mol. The zero-order valence-electron chi connectivity index (χ0n) is 17.0. The van der Waals surface area contributed by atoms with Crippen LogP contribution in [0.1, 0.15) is 29.8 Å². The maximum atomic E-state index is 12.7. The molecule has 3 aromatic rings. The van der Waals surface area contributed by atoms with Gasteiger partial charge in [0.2, 0.25) is 0 Å². The topological polar surface area (TPSA) is 84.5 Å². The predicted octanol–water partition coefficient (Wildman–Crippen LogP) is 4.84. The Kier molecular flexibility index (Phi) is 6.42. The van der Waals surface area contributed by atoms with Gasteiger partial charge in [-0.15, -0.1) is 0 Å². The van der Waals surface area contributed by atoms with Crippen molar-refractivity contribution in [2.45, 2.75) is 31.8 Å². The van der Waals surface area contributed by atoms with Gasteiger partial charge in [-0.3, -0.25) is 9.52 Å². The standard InChI is InChI=1S/C23H24N2O4S/c1-16(2)29-20-9-7-8-19(15-20)24-23(26)18-13-12-17(3)22(14-18)25-30(27,28)21-10-5-4-6-11-21/h4-16,25H,1-3H3,(H,24,26). The van der Waals surface area contributed by atoms with Crippen molar-refractivity contribution in [2.75, 3.05) is 10.0 Å². The summed E-state index contributed by atoms with van der Waals surface area (Å²) < 4.78 is 33.5. The van der Waals surface area contributed by atoms with Crippen LogP contribution in [0.4, 0.5) is 11.4 Å². The number of carbonyl (C=O) groups excluding carboxylic acids is 1. The average Bonchev–Trinajstić information content (AvgIpc) is 2.70. The van der Waals surface area contributed by atoms with Gasteiger partial charge in [-0.05, 0) is 62.7 Å². The zero-order chi connectivity index (χ0) is 21.7. The van der Waals surface area contributed by atoms with Crippen molar-refractivity contribution in [1.29, 1.82) is 0 Å². The fourth-order valence-corrected chi connectivity index (χ4v) is 3.94. The van der Waals surface area contributed by atoms with Crippen LogP contribution < -0.4 is 14.8 Å². The summed E-state index contributed by atoms with van der Waals surface area (Å²) in [6, 6.07) is 20.1. The van der Waals surface area contributed by atoms with E-state index in [1.165, 1.54) is 18.2 Å². The van der Waals surface area contributed by atoms with E-state index >= 15 is 0 Å². The number of sulfonamides is 1. The number of nitrogens with one attached hydrogen (secondary N) is 2. The molecule has 0 aliphatic rings. The Morgan fingerprint density at radius 3 is 2.37 bits per heavy atom. The van der Waals surface area contributed by atoms with E-state index < -0.39 is 10.0 Å². The Labute approximate surface area is 177 Å². The lowest BCUT2D eigenvalue weighted by atomic mass is 10.1. The highest BCUT2D eigenvalue weighted by atomic mass is 32.2. The van der Waals surface area contributed by atoms with Gasteiger partial charge < -0.3 is 10.1 Å². The van der Waals surface area contributed by atoms with Gasteiger partial charge in [-0.1, -0.05) is 30.3 Å². The van der Waals surface area contributed by atoms with Crippen LogP contribution in [-0.4, -0.2) is 20.4 Å². The van der Waals surface area contributed by atoms with E-state index in [-0.39, 0.29) is 16.9 Å². The van der Waals surface area contributed by atoms with Crippen LogP contribution in [0.25, 0.3) is 0 Å². The third-order valence-corrected chi connectivity index (χ3v) is 5.64. The van der Waals surface area contributed by atoms with E-state index in [1.807, 2.05) is 19.9 Å². The molecule has 7 heteroatoms. The van der Waals surface area contributed by atoms with Gasteiger partial charge in [0, 0.05) is 17.3 Å². The molecule has 3 rings (SSSR count). The fourth-order valence-electron chi connectivity index (χ4n) is 2.80. The molecule has 0 saturated carbocycles. The van der Waals surface area contributed by atoms with E-state index in [0.29, 0.717) is 28.3 Å². The summed E-state index contributed by atoms with van der Waals surface area (Å²) >= 11 is 0. The summed E-state index contributed by atoms with van der Waals surface area (Å²) in [6.07, 6.45) is 0.0215. The quantitative estimate of drug-likeness (QED) is 0.569. The third-order valence-electron chi connectivity index (χ3n) is 4.26. The summed E-state index contributed by atoms with van der Waals surface area (Å²) in [5.74, 6) is 0.305. The minimum Gasteiger partial charge on any atom is -0.491 e. The Balaban J connectivity index is 1.80. The van der Waals surface area contributed by atoms with Crippen LogP contribution in [0.5, 0.6) is 5.75 Å². The zero-order valence-corrected chi connectivity index (χ0v) is 17.9. The highest BCUT2D eigenvalue weighted by molar-refractivity contribution is 7.92. The number of hydrogen-bond acceptors (Lipinski definition) is 4. The van der Waals surface area contributed by atoms with E-state index in [1.54, 1.807) is 55.5 Å². The first-order chi connectivity index (χ1) is 14.2. The number of amides is 1. The minimum absolute atomic E-state index is 0.0215. The van der Waals surface area contributed by atoms with Gasteiger partial charge in [0.1, 0.15) is 5.75 Å². The molecule has 0 aromatic heterocycles. The van der Waals surface area contributed by atoms with Crippen molar-refractivity contribution in [1.82, 2.24) is 0 Å². The van der Waals surface area contributed by atoms with Crippen molar-refractivity contribution in [3.8, 4) is 5.75 Å². The maximum absolute atomic E-state index is 12.7. The monoisotopic (exact) mass is 424 g/mol. The molecule has 30 heavy (non-hydrogen) atoms. The van der Waals surface area contributed by atoms with Gasteiger partial charge in [-0.2, -0.15) is 0 Å². The van der Waals surface area contributed by atoms with E-state index in [0.717, 1.165) is 0 Å². The molecule has 3 aromatic carbocycles. The Morgan fingerprint density at radius 1 is 0.933 bits per heavy atom. The highest BCUT2D eigenvalue weighted by Crippen LogP contribution is 2.23. The van der Waals surface area contributed by atoms with Crippen LogP contribution in [0.3, 0.4) is 0 Å². The number of hydrogen-bond donors (Lipinski definition) is 2. The van der Waals surface area contributed by atoms with Crippen LogP contribution in [0.15, 0.2) is 77.7 Å². The molecule has 0 fully saturated rings. The van der Waals surface area contributed by atoms with Crippen molar-refractivity contribution in [3.63, 3.8) is 0 Å². The normalized spacial score (nSPS) is 11.2. The van der Waals surface area contributed by atoms with Crippen LogP contribution in [-0.2, 0) is 10.0 Å². The Bertz CT molecular complexity index is 1140. The number of anilines is 2. The summed E-state index contributed by atoms with van der Waals surface area (Å²) in [5, 5.41) is 2.82. The van der Waals surface area contributed by atoms with Gasteiger partial charge in [0.15, 0.2) is 0 Å². The van der Waals surface area contributed by atoms with Gasteiger partial charge in [0.05, 0.1) is 16.7 Å². The number of ether oxygens (including phenoxy) is 1. The summed E-state index contributed by atoms with van der Waals surface area (Å²) in [5.41, 5.74) is 1.98. The first-order valence-electron chi connectivity index (χ1n) is 9.51. The second-order valence-electron chi connectivity index (χ2n) is 7.10.